The molecule has 1 aromatic carbocycles. The van der Waals surface area contributed by atoms with Gasteiger partial charge in [0.05, 0.1) is 5.56 Å². The third kappa shape index (κ3) is 4.21. The Morgan fingerprint density at radius 1 is 1.20 bits per heavy atom. The molecule has 1 atom stereocenters. The van der Waals surface area contributed by atoms with Crippen molar-refractivity contribution in [3.8, 4) is 0 Å². The molecular formula is C15H20F3NO. The maximum Gasteiger partial charge on any atom is 0.416 e. The van der Waals surface area contributed by atoms with Crippen molar-refractivity contribution >= 4 is 0 Å². The smallest absolute Gasteiger partial charge is 0.381 e. The molecule has 5 heteroatoms. The van der Waals surface area contributed by atoms with Crippen LogP contribution in [0.3, 0.4) is 0 Å². The molecule has 1 aromatic rings. The summed E-state index contributed by atoms with van der Waals surface area (Å²) in [7, 11) is 0. The second-order valence-electron chi connectivity index (χ2n) is 5.31. The number of halogens is 3. The largest absolute Gasteiger partial charge is 0.416 e. The van der Waals surface area contributed by atoms with Gasteiger partial charge in [0, 0.05) is 25.8 Å². The first-order chi connectivity index (χ1) is 9.47. The van der Waals surface area contributed by atoms with E-state index < -0.39 is 11.7 Å². The molecule has 0 radical (unpaired) electrons. The van der Waals surface area contributed by atoms with Gasteiger partial charge in [-0.25, -0.2) is 0 Å². The van der Waals surface area contributed by atoms with Crippen molar-refractivity contribution in [1.82, 2.24) is 5.32 Å². The second kappa shape index (κ2) is 6.59. The van der Waals surface area contributed by atoms with Crippen molar-refractivity contribution in [2.24, 2.45) is 5.92 Å². The summed E-state index contributed by atoms with van der Waals surface area (Å²) in [6.45, 7) is 4.32. The van der Waals surface area contributed by atoms with E-state index in [2.05, 4.69) is 12.2 Å². The Labute approximate surface area is 117 Å². The van der Waals surface area contributed by atoms with Crippen LogP contribution in [0.5, 0.6) is 0 Å². The highest BCUT2D eigenvalue weighted by molar-refractivity contribution is 5.24. The van der Waals surface area contributed by atoms with Gasteiger partial charge in [0.2, 0.25) is 0 Å². The average molecular weight is 287 g/mol. The van der Waals surface area contributed by atoms with E-state index >= 15 is 0 Å². The Morgan fingerprint density at radius 3 is 2.35 bits per heavy atom. The van der Waals surface area contributed by atoms with Crippen LogP contribution in [0.25, 0.3) is 0 Å². The lowest BCUT2D eigenvalue weighted by molar-refractivity contribution is -0.137. The summed E-state index contributed by atoms with van der Waals surface area (Å²) < 4.78 is 42.7. The number of benzene rings is 1. The van der Waals surface area contributed by atoms with Gasteiger partial charge in [-0.2, -0.15) is 13.2 Å². The predicted octanol–water partition coefficient (Wildman–Crippen LogP) is 3.61. The van der Waals surface area contributed by atoms with Crippen LogP contribution in [0.15, 0.2) is 24.3 Å². The van der Waals surface area contributed by atoms with E-state index in [4.69, 9.17) is 4.74 Å². The van der Waals surface area contributed by atoms with Crippen molar-refractivity contribution in [1.29, 1.82) is 0 Å². The fourth-order valence-corrected chi connectivity index (χ4v) is 2.47. The maximum atomic E-state index is 12.4. The second-order valence-corrected chi connectivity index (χ2v) is 5.31. The maximum absolute atomic E-state index is 12.4. The molecule has 1 aliphatic heterocycles. The minimum atomic E-state index is -4.26. The summed E-state index contributed by atoms with van der Waals surface area (Å²) in [5.74, 6) is 0.582. The predicted molar refractivity (Wildman–Crippen MR) is 71.3 cm³/mol. The van der Waals surface area contributed by atoms with Crippen molar-refractivity contribution < 1.29 is 17.9 Å². The minimum absolute atomic E-state index is 0.348. The topological polar surface area (TPSA) is 21.3 Å². The number of alkyl halides is 3. The Kier molecular flexibility index (Phi) is 5.05. The van der Waals surface area contributed by atoms with Crippen LogP contribution in [0.2, 0.25) is 0 Å². The molecule has 0 aromatic heterocycles. The zero-order valence-corrected chi connectivity index (χ0v) is 11.5. The van der Waals surface area contributed by atoms with Crippen LogP contribution in [-0.2, 0) is 17.5 Å². The molecular weight excluding hydrogens is 267 g/mol. The molecule has 1 heterocycles. The number of hydrogen-bond donors (Lipinski definition) is 1. The van der Waals surface area contributed by atoms with Crippen LogP contribution in [-0.4, -0.2) is 19.3 Å². The molecule has 112 valence electrons. The first-order valence-corrected chi connectivity index (χ1v) is 6.94. The molecule has 20 heavy (non-hydrogen) atoms. The zero-order valence-electron chi connectivity index (χ0n) is 11.5. The normalized spacial score (nSPS) is 19.0. The third-order valence-corrected chi connectivity index (χ3v) is 3.88. The number of hydrogen-bond acceptors (Lipinski definition) is 2. The lowest BCUT2D eigenvalue weighted by atomic mass is 9.93. The lowest BCUT2D eigenvalue weighted by Gasteiger charge is -2.28. The van der Waals surface area contributed by atoms with E-state index in [1.807, 2.05) is 0 Å². The standard InChI is InChI=1S/C15H20F3NO/c1-11(13-6-8-20-9-7-13)19-10-12-2-4-14(5-3-12)15(16,17)18/h2-5,11,13,19H,6-10H2,1H3. The molecule has 0 amide bonds. The number of rotatable bonds is 4. The highest BCUT2D eigenvalue weighted by atomic mass is 19.4. The van der Waals surface area contributed by atoms with Gasteiger partial charge < -0.3 is 10.1 Å². The van der Waals surface area contributed by atoms with Crippen LogP contribution in [0, 0.1) is 5.92 Å². The Balaban J connectivity index is 1.84. The van der Waals surface area contributed by atoms with E-state index in [0.717, 1.165) is 43.8 Å². The summed E-state index contributed by atoms with van der Waals surface area (Å²) in [4.78, 5) is 0. The number of nitrogens with one attached hydrogen (secondary N) is 1. The summed E-state index contributed by atoms with van der Waals surface area (Å²) in [6, 6.07) is 5.69. The summed E-state index contributed by atoms with van der Waals surface area (Å²) >= 11 is 0. The highest BCUT2D eigenvalue weighted by Crippen LogP contribution is 2.29. The SMILES string of the molecule is CC(NCc1ccc(C(F)(F)F)cc1)C1CCOCC1. The van der Waals surface area contributed by atoms with Gasteiger partial charge in [-0.1, -0.05) is 12.1 Å². The van der Waals surface area contributed by atoms with Crippen LogP contribution in [0.4, 0.5) is 13.2 Å². The lowest BCUT2D eigenvalue weighted by Crippen LogP contribution is -2.36. The molecule has 0 spiro atoms. The van der Waals surface area contributed by atoms with Crippen molar-refractivity contribution in [2.45, 2.75) is 38.5 Å². The third-order valence-electron chi connectivity index (χ3n) is 3.88. The van der Waals surface area contributed by atoms with Crippen molar-refractivity contribution in [3.05, 3.63) is 35.4 Å². The van der Waals surface area contributed by atoms with E-state index in [9.17, 15) is 13.2 Å². The molecule has 1 saturated heterocycles. The summed E-state index contributed by atoms with van der Waals surface area (Å²) in [5.41, 5.74) is 0.274. The first-order valence-electron chi connectivity index (χ1n) is 6.94. The molecule has 0 bridgehead atoms. The van der Waals surface area contributed by atoms with Crippen LogP contribution < -0.4 is 5.32 Å². The Bertz CT molecular complexity index is 410. The molecule has 2 rings (SSSR count). The van der Waals surface area contributed by atoms with Gasteiger partial charge in [0.1, 0.15) is 0 Å². The molecule has 0 saturated carbocycles. The van der Waals surface area contributed by atoms with Gasteiger partial charge in [0.15, 0.2) is 0 Å². The monoisotopic (exact) mass is 287 g/mol. The van der Waals surface area contributed by atoms with Crippen molar-refractivity contribution in [3.63, 3.8) is 0 Å². The van der Waals surface area contributed by atoms with E-state index in [0.29, 0.717) is 18.5 Å². The molecule has 1 fully saturated rings. The quantitative estimate of drug-likeness (QED) is 0.913. The minimum Gasteiger partial charge on any atom is -0.381 e. The van der Waals surface area contributed by atoms with Gasteiger partial charge in [0.25, 0.3) is 0 Å². The van der Waals surface area contributed by atoms with E-state index in [1.165, 1.54) is 12.1 Å². The number of ether oxygens (including phenoxy) is 1. The average Bonchev–Trinajstić information content (AvgIpc) is 2.45. The molecule has 1 N–H and O–H groups in total. The van der Waals surface area contributed by atoms with Gasteiger partial charge in [-0.3, -0.25) is 0 Å². The molecule has 1 aliphatic rings. The fourth-order valence-electron chi connectivity index (χ4n) is 2.47. The van der Waals surface area contributed by atoms with Gasteiger partial charge in [-0.05, 0) is 43.4 Å². The van der Waals surface area contributed by atoms with Crippen LogP contribution >= 0.6 is 0 Å². The summed E-state index contributed by atoms with van der Waals surface area (Å²) in [6.07, 6.45) is -2.18. The molecule has 0 aliphatic carbocycles. The fraction of sp³-hybridized carbons (Fsp3) is 0.600. The molecule has 1 unspecified atom stereocenters. The van der Waals surface area contributed by atoms with Crippen LogP contribution in [0.1, 0.15) is 30.9 Å². The summed E-state index contributed by atoms with van der Waals surface area (Å²) in [5, 5.41) is 3.39. The highest BCUT2D eigenvalue weighted by Gasteiger charge is 2.29. The zero-order chi connectivity index (χ0) is 14.6. The first kappa shape index (κ1) is 15.3. The van der Waals surface area contributed by atoms with E-state index in [-0.39, 0.29) is 0 Å². The van der Waals surface area contributed by atoms with E-state index in [1.54, 1.807) is 0 Å². The van der Waals surface area contributed by atoms with Gasteiger partial charge >= 0.3 is 6.18 Å². The Morgan fingerprint density at radius 2 is 1.80 bits per heavy atom. The van der Waals surface area contributed by atoms with Crippen molar-refractivity contribution in [2.75, 3.05) is 13.2 Å². The molecule has 2 nitrogen and oxygen atoms in total. The van der Waals surface area contributed by atoms with Gasteiger partial charge in [-0.15, -0.1) is 0 Å². The Hall–Kier alpha value is -1.07.